The van der Waals surface area contributed by atoms with E-state index in [0.717, 1.165) is 36.6 Å². The fourth-order valence-corrected chi connectivity index (χ4v) is 5.22. The van der Waals surface area contributed by atoms with E-state index in [1.165, 1.54) is 0 Å². The van der Waals surface area contributed by atoms with Crippen LogP contribution in [-0.4, -0.2) is 52.4 Å². The number of aromatic nitrogens is 1. The van der Waals surface area contributed by atoms with Crippen LogP contribution in [0.15, 0.2) is 24.4 Å². The number of nitrogens with zero attached hydrogens (tertiary/aromatic N) is 1. The molecule has 162 valence electrons. The predicted molar refractivity (Wildman–Crippen MR) is 120 cm³/mol. The van der Waals surface area contributed by atoms with Gasteiger partial charge in [-0.15, -0.1) is 0 Å². The first-order valence-electron chi connectivity index (χ1n) is 10.8. The number of H-pyrrole nitrogens is 1. The molecular formula is C23H31ClN4O2. The van der Waals surface area contributed by atoms with Gasteiger partial charge in [-0.2, -0.15) is 0 Å². The average Bonchev–Trinajstić information content (AvgIpc) is 3.15. The number of aromatic amines is 1. The number of fused-ring (bicyclic) bond motifs is 3. The Morgan fingerprint density at radius 2 is 1.90 bits per heavy atom. The maximum absolute atomic E-state index is 12.8. The van der Waals surface area contributed by atoms with E-state index in [1.54, 1.807) is 6.20 Å². The van der Waals surface area contributed by atoms with Gasteiger partial charge in [0.05, 0.1) is 12.1 Å². The Morgan fingerprint density at radius 3 is 2.57 bits per heavy atom. The fourth-order valence-electron chi connectivity index (χ4n) is 5.05. The number of hydrogen-bond donors (Lipinski definition) is 3. The summed E-state index contributed by atoms with van der Waals surface area (Å²) in [5.41, 5.74) is 1.34. The molecule has 0 spiro atoms. The van der Waals surface area contributed by atoms with Gasteiger partial charge < -0.3 is 15.6 Å². The molecule has 2 aliphatic rings. The zero-order valence-corrected chi connectivity index (χ0v) is 18.7. The van der Waals surface area contributed by atoms with E-state index >= 15 is 0 Å². The minimum Gasteiger partial charge on any atom is -0.360 e. The Balaban J connectivity index is 1.32. The van der Waals surface area contributed by atoms with E-state index in [-0.39, 0.29) is 17.4 Å². The van der Waals surface area contributed by atoms with Crippen LogP contribution in [0.1, 0.15) is 56.8 Å². The third-order valence-corrected chi connectivity index (χ3v) is 6.50. The summed E-state index contributed by atoms with van der Waals surface area (Å²) in [6.45, 7) is 7.17. The van der Waals surface area contributed by atoms with Gasteiger partial charge >= 0.3 is 0 Å². The molecule has 4 rings (SSSR count). The van der Waals surface area contributed by atoms with Crippen molar-refractivity contribution in [3.05, 3.63) is 35.0 Å². The quantitative estimate of drug-likeness (QED) is 0.676. The lowest BCUT2D eigenvalue weighted by Crippen LogP contribution is -2.52. The van der Waals surface area contributed by atoms with Gasteiger partial charge in [-0.05, 0) is 70.6 Å². The highest BCUT2D eigenvalue weighted by molar-refractivity contribution is 6.31. The Bertz CT molecular complexity index is 934. The summed E-state index contributed by atoms with van der Waals surface area (Å²) in [5, 5.41) is 7.66. The molecule has 7 heteroatoms. The third-order valence-electron chi connectivity index (χ3n) is 6.26. The zero-order valence-electron chi connectivity index (χ0n) is 17.9. The summed E-state index contributed by atoms with van der Waals surface area (Å²) >= 11 is 6.10. The molecule has 0 radical (unpaired) electrons. The average molecular weight is 431 g/mol. The minimum atomic E-state index is -0.203. The Kier molecular flexibility index (Phi) is 5.82. The molecule has 3 N–H and O–H groups in total. The maximum atomic E-state index is 12.8. The van der Waals surface area contributed by atoms with E-state index < -0.39 is 0 Å². The first-order valence-corrected chi connectivity index (χ1v) is 11.2. The van der Waals surface area contributed by atoms with Crippen LogP contribution >= 0.6 is 11.6 Å². The van der Waals surface area contributed by atoms with E-state index in [2.05, 4.69) is 20.5 Å². The van der Waals surface area contributed by atoms with Crippen LogP contribution in [0, 0.1) is 5.92 Å². The summed E-state index contributed by atoms with van der Waals surface area (Å²) in [7, 11) is 0. The van der Waals surface area contributed by atoms with Crippen molar-refractivity contribution >= 4 is 34.3 Å². The molecule has 0 aliphatic carbocycles. The normalized spacial score (nSPS) is 24.2. The number of halogens is 1. The van der Waals surface area contributed by atoms with E-state index in [9.17, 15) is 9.59 Å². The zero-order chi connectivity index (χ0) is 21.5. The number of carbonyl (C=O) groups excluding carboxylic acids is 2. The van der Waals surface area contributed by atoms with Crippen molar-refractivity contribution in [1.29, 1.82) is 0 Å². The van der Waals surface area contributed by atoms with E-state index in [0.29, 0.717) is 41.7 Å². The maximum Gasteiger partial charge on any atom is 0.253 e. The Hall–Kier alpha value is -2.05. The van der Waals surface area contributed by atoms with Gasteiger partial charge in [0.25, 0.3) is 5.91 Å². The van der Waals surface area contributed by atoms with Crippen molar-refractivity contribution in [1.82, 2.24) is 20.5 Å². The molecule has 1 aromatic heterocycles. The van der Waals surface area contributed by atoms with Crippen molar-refractivity contribution in [2.24, 2.45) is 5.92 Å². The number of carbonyl (C=O) groups is 2. The van der Waals surface area contributed by atoms with Gasteiger partial charge in [-0.3, -0.25) is 14.5 Å². The SMILES string of the molecule is CC(C)(C)NC(=O)CN1[C@@H]2CC[C@H]1C[C@H](CNC(=O)c1c[nH]c3ccc(Cl)cc13)C2. The highest BCUT2D eigenvalue weighted by Crippen LogP contribution is 2.38. The number of rotatable bonds is 5. The first kappa shape index (κ1) is 21.2. The molecular weight excluding hydrogens is 400 g/mol. The number of nitrogens with one attached hydrogen (secondary N) is 3. The van der Waals surface area contributed by atoms with Gasteiger partial charge in [0.2, 0.25) is 5.91 Å². The highest BCUT2D eigenvalue weighted by Gasteiger charge is 2.41. The van der Waals surface area contributed by atoms with Crippen molar-refractivity contribution in [3.63, 3.8) is 0 Å². The van der Waals surface area contributed by atoms with Crippen LogP contribution in [0.5, 0.6) is 0 Å². The van der Waals surface area contributed by atoms with Crippen LogP contribution in [0.2, 0.25) is 5.02 Å². The lowest BCUT2D eigenvalue weighted by atomic mass is 9.90. The molecule has 6 nitrogen and oxygen atoms in total. The standard InChI is InChI=1S/C23H31ClN4O2/c1-23(2,3)27-21(29)13-28-16-5-6-17(28)9-14(8-16)11-26-22(30)19-12-25-20-7-4-15(24)10-18(19)20/h4,7,10,12,14,16-17,25H,5-6,8-9,11,13H2,1-3H3,(H,26,30)(H,27,29)/t14-,16-,17+. The molecule has 3 heterocycles. The van der Waals surface area contributed by atoms with Crippen LogP contribution in [0.25, 0.3) is 10.9 Å². The lowest BCUT2D eigenvalue weighted by Gasteiger charge is -2.39. The summed E-state index contributed by atoms with van der Waals surface area (Å²) in [6, 6.07) is 6.39. The van der Waals surface area contributed by atoms with Gasteiger partial charge in [-0.1, -0.05) is 11.6 Å². The predicted octanol–water partition coefficient (Wildman–Crippen LogP) is 3.71. The minimum absolute atomic E-state index is 0.0668. The van der Waals surface area contributed by atoms with Gasteiger partial charge in [0, 0.05) is 46.3 Å². The second-order valence-electron chi connectivity index (χ2n) is 9.80. The van der Waals surface area contributed by atoms with Crippen LogP contribution < -0.4 is 10.6 Å². The van der Waals surface area contributed by atoms with Gasteiger partial charge in [0.15, 0.2) is 0 Å². The second kappa shape index (κ2) is 8.23. The highest BCUT2D eigenvalue weighted by atomic mass is 35.5. The van der Waals surface area contributed by atoms with Gasteiger partial charge in [-0.25, -0.2) is 0 Å². The summed E-state index contributed by atoms with van der Waals surface area (Å²) in [5.74, 6) is 0.481. The Morgan fingerprint density at radius 1 is 1.20 bits per heavy atom. The summed E-state index contributed by atoms with van der Waals surface area (Å²) in [4.78, 5) is 30.7. The van der Waals surface area contributed by atoms with Crippen LogP contribution in [0.4, 0.5) is 0 Å². The smallest absolute Gasteiger partial charge is 0.253 e. The first-order chi connectivity index (χ1) is 14.2. The van der Waals surface area contributed by atoms with Crippen LogP contribution in [0.3, 0.4) is 0 Å². The lowest BCUT2D eigenvalue weighted by molar-refractivity contribution is -0.125. The molecule has 2 saturated heterocycles. The monoisotopic (exact) mass is 430 g/mol. The third kappa shape index (κ3) is 4.65. The van der Waals surface area contributed by atoms with Gasteiger partial charge in [0.1, 0.15) is 0 Å². The van der Waals surface area contributed by atoms with Crippen molar-refractivity contribution in [3.8, 4) is 0 Å². The topological polar surface area (TPSA) is 77.2 Å². The summed E-state index contributed by atoms with van der Waals surface area (Å²) in [6.07, 6.45) is 6.08. The fraction of sp³-hybridized carbons (Fsp3) is 0.565. The molecule has 3 atom stereocenters. The number of hydrogen-bond acceptors (Lipinski definition) is 3. The molecule has 2 bridgehead atoms. The molecule has 2 aliphatic heterocycles. The van der Waals surface area contributed by atoms with Crippen molar-refractivity contribution in [2.75, 3.05) is 13.1 Å². The molecule has 30 heavy (non-hydrogen) atoms. The molecule has 2 aromatic rings. The van der Waals surface area contributed by atoms with Crippen LogP contribution in [-0.2, 0) is 4.79 Å². The van der Waals surface area contributed by atoms with Crippen molar-refractivity contribution in [2.45, 2.75) is 64.1 Å². The largest absolute Gasteiger partial charge is 0.360 e. The summed E-state index contributed by atoms with van der Waals surface area (Å²) < 4.78 is 0. The van der Waals surface area contributed by atoms with E-state index in [1.807, 2.05) is 39.0 Å². The molecule has 0 saturated carbocycles. The molecule has 2 fully saturated rings. The van der Waals surface area contributed by atoms with Crippen molar-refractivity contribution < 1.29 is 9.59 Å². The number of benzene rings is 1. The molecule has 0 unspecified atom stereocenters. The molecule has 2 amide bonds. The molecule has 1 aromatic carbocycles. The number of amides is 2. The number of piperidine rings is 1. The second-order valence-corrected chi connectivity index (χ2v) is 10.2. The Labute approximate surface area is 182 Å². The van der Waals surface area contributed by atoms with E-state index in [4.69, 9.17) is 11.6 Å².